The Hall–Kier alpha value is -4.52. The number of rotatable bonds is 8. The summed E-state index contributed by atoms with van der Waals surface area (Å²) in [5, 5.41) is 32.1. The highest BCUT2D eigenvalue weighted by atomic mass is 35.5. The molecular weight excluding hydrogens is 588 g/mol. The summed E-state index contributed by atoms with van der Waals surface area (Å²) in [4.78, 5) is 39.1. The highest BCUT2D eigenvalue weighted by Gasteiger charge is 2.47. The molecule has 3 heterocycles. The van der Waals surface area contributed by atoms with E-state index in [0.717, 1.165) is 16.9 Å². The maximum atomic E-state index is 13.8. The Kier molecular flexibility index (Phi) is 7.03. The van der Waals surface area contributed by atoms with E-state index in [1.54, 1.807) is 36.4 Å². The minimum Gasteiger partial charge on any atom is -0.503 e. The molecule has 0 saturated carbocycles. The SMILES string of the molecule is O=C(C1=C(O)C(=O)N(c2nnc(SCc3ccc(Cl)cc3)s2)C1c1ccc([N+](=O)[O-])cc1)c1cc2ccccc2o1. The third kappa shape index (κ3) is 5.08. The largest absolute Gasteiger partial charge is 0.503 e. The van der Waals surface area contributed by atoms with Crippen LogP contribution in [0, 0.1) is 10.1 Å². The van der Waals surface area contributed by atoms with Crippen LogP contribution in [0.2, 0.25) is 5.02 Å². The van der Waals surface area contributed by atoms with Gasteiger partial charge in [0.1, 0.15) is 5.58 Å². The van der Waals surface area contributed by atoms with Crippen LogP contribution in [0.15, 0.2) is 99.0 Å². The van der Waals surface area contributed by atoms with E-state index in [2.05, 4.69) is 10.2 Å². The van der Waals surface area contributed by atoms with Gasteiger partial charge in [-0.15, -0.1) is 10.2 Å². The number of nitro groups is 1. The van der Waals surface area contributed by atoms with Crippen LogP contribution in [0.25, 0.3) is 11.0 Å². The lowest BCUT2D eigenvalue weighted by Crippen LogP contribution is -2.31. The number of furan rings is 1. The van der Waals surface area contributed by atoms with Crippen LogP contribution in [0.5, 0.6) is 0 Å². The Morgan fingerprint density at radius 1 is 1.10 bits per heavy atom. The smallest absolute Gasteiger partial charge is 0.296 e. The summed E-state index contributed by atoms with van der Waals surface area (Å²) in [7, 11) is 0. The van der Waals surface area contributed by atoms with Crippen molar-refractivity contribution in [1.29, 1.82) is 0 Å². The molecule has 3 aromatic carbocycles. The van der Waals surface area contributed by atoms with E-state index in [-0.39, 0.29) is 22.2 Å². The van der Waals surface area contributed by atoms with Gasteiger partial charge in [-0.3, -0.25) is 24.6 Å². The number of benzene rings is 3. The van der Waals surface area contributed by atoms with Crippen molar-refractivity contribution in [2.24, 2.45) is 0 Å². The second kappa shape index (κ2) is 10.8. The van der Waals surface area contributed by atoms with Gasteiger partial charge in [-0.25, -0.2) is 0 Å². The van der Waals surface area contributed by atoms with E-state index < -0.39 is 28.4 Å². The molecule has 1 amide bonds. The molecule has 1 aliphatic rings. The second-order valence-corrected chi connectivity index (χ2v) is 11.5. The maximum Gasteiger partial charge on any atom is 0.296 e. The molecule has 204 valence electrons. The van der Waals surface area contributed by atoms with Gasteiger partial charge >= 0.3 is 0 Å². The van der Waals surface area contributed by atoms with Crippen LogP contribution in [0.3, 0.4) is 0 Å². The van der Waals surface area contributed by atoms with Crippen molar-refractivity contribution in [3.8, 4) is 0 Å². The van der Waals surface area contributed by atoms with E-state index in [0.29, 0.717) is 31.6 Å². The predicted molar refractivity (Wildman–Crippen MR) is 154 cm³/mol. The first kappa shape index (κ1) is 26.7. The van der Waals surface area contributed by atoms with Crippen molar-refractivity contribution in [1.82, 2.24) is 10.2 Å². The summed E-state index contributed by atoms with van der Waals surface area (Å²) in [5.74, 6) is -1.79. The zero-order chi connectivity index (χ0) is 28.7. The number of Topliss-reactive ketones (excluding diaryl/α,β-unsaturated/α-hetero) is 1. The molecule has 41 heavy (non-hydrogen) atoms. The number of non-ortho nitro benzene ring substituents is 1. The number of nitrogens with zero attached hydrogens (tertiary/aromatic N) is 4. The Morgan fingerprint density at radius 3 is 2.54 bits per heavy atom. The van der Waals surface area contributed by atoms with E-state index in [1.807, 2.05) is 12.1 Å². The van der Waals surface area contributed by atoms with E-state index >= 15 is 0 Å². The minimum atomic E-state index is -1.13. The quantitative estimate of drug-likeness (QED) is 0.0656. The van der Waals surface area contributed by atoms with E-state index in [4.69, 9.17) is 16.0 Å². The number of thioether (sulfide) groups is 1. The molecule has 2 aromatic heterocycles. The first-order valence-corrected chi connectivity index (χ1v) is 14.2. The molecule has 0 spiro atoms. The second-order valence-electron chi connectivity index (χ2n) is 8.93. The Morgan fingerprint density at radius 2 is 1.83 bits per heavy atom. The van der Waals surface area contributed by atoms with Gasteiger partial charge in [0, 0.05) is 28.3 Å². The molecule has 6 rings (SSSR count). The van der Waals surface area contributed by atoms with E-state index in [1.165, 1.54) is 47.0 Å². The van der Waals surface area contributed by atoms with Gasteiger partial charge in [0.25, 0.3) is 11.6 Å². The average molecular weight is 605 g/mol. The van der Waals surface area contributed by atoms with Gasteiger partial charge in [0.15, 0.2) is 15.9 Å². The molecule has 0 saturated heterocycles. The minimum absolute atomic E-state index is 0.0641. The van der Waals surface area contributed by atoms with Gasteiger partial charge in [-0.1, -0.05) is 65.0 Å². The van der Waals surface area contributed by atoms with Crippen LogP contribution in [0.1, 0.15) is 27.7 Å². The van der Waals surface area contributed by atoms with E-state index in [9.17, 15) is 24.8 Å². The van der Waals surface area contributed by atoms with Crippen LogP contribution in [-0.2, 0) is 10.5 Å². The number of nitro benzene ring substituents is 1. The molecule has 0 aliphatic carbocycles. The number of aliphatic hydroxyl groups excluding tert-OH is 1. The van der Waals surface area contributed by atoms with Crippen molar-refractivity contribution >= 4 is 68.2 Å². The number of aliphatic hydroxyl groups is 1. The van der Waals surface area contributed by atoms with Gasteiger partial charge in [0.2, 0.25) is 10.9 Å². The summed E-state index contributed by atoms with van der Waals surface area (Å²) < 4.78 is 6.29. The zero-order valence-electron chi connectivity index (χ0n) is 20.8. The number of carbonyl (C=O) groups excluding carboxylic acids is 2. The standard InChI is InChI=1S/C28H17ClN4O6S2/c29-18-9-5-15(6-10-18)14-40-28-31-30-27(41-28)32-23(16-7-11-19(12-8-16)33(37)38)22(25(35)26(32)36)24(34)21-13-17-3-1-2-4-20(17)39-21/h1-13,23,35H,14H2. The fourth-order valence-electron chi connectivity index (χ4n) is 4.44. The van der Waals surface area contributed by atoms with Crippen LogP contribution < -0.4 is 4.90 Å². The predicted octanol–water partition coefficient (Wildman–Crippen LogP) is 6.92. The third-order valence-corrected chi connectivity index (χ3v) is 8.78. The van der Waals surface area contributed by atoms with Crippen LogP contribution >= 0.6 is 34.7 Å². The van der Waals surface area contributed by atoms with Crippen molar-refractivity contribution in [3.63, 3.8) is 0 Å². The first-order chi connectivity index (χ1) is 19.8. The summed E-state index contributed by atoms with van der Waals surface area (Å²) in [6, 6.07) is 20.2. The highest BCUT2D eigenvalue weighted by Crippen LogP contribution is 2.44. The molecule has 0 radical (unpaired) electrons. The normalized spacial score (nSPS) is 15.2. The molecule has 10 nitrogen and oxygen atoms in total. The number of aromatic nitrogens is 2. The molecule has 5 aromatic rings. The summed E-state index contributed by atoms with van der Waals surface area (Å²) in [6.07, 6.45) is 0. The van der Waals surface area contributed by atoms with Gasteiger partial charge in [-0.05, 0) is 47.5 Å². The average Bonchev–Trinajstić information content (AvgIpc) is 3.69. The Bertz CT molecular complexity index is 1820. The molecule has 13 heteroatoms. The molecular formula is C28H17ClN4O6S2. The lowest BCUT2D eigenvalue weighted by molar-refractivity contribution is -0.384. The number of hydrogen-bond donors (Lipinski definition) is 1. The summed E-state index contributed by atoms with van der Waals surface area (Å²) >= 11 is 8.48. The van der Waals surface area contributed by atoms with Crippen LogP contribution in [0.4, 0.5) is 10.8 Å². The summed E-state index contributed by atoms with van der Waals surface area (Å²) in [6.45, 7) is 0. The summed E-state index contributed by atoms with van der Waals surface area (Å²) in [5.41, 5.74) is 1.44. The molecule has 1 aliphatic heterocycles. The van der Waals surface area contributed by atoms with Gasteiger partial charge < -0.3 is 9.52 Å². The molecule has 1 N–H and O–H groups in total. The number of carbonyl (C=O) groups is 2. The highest BCUT2D eigenvalue weighted by molar-refractivity contribution is 8.00. The molecule has 0 bridgehead atoms. The number of fused-ring (bicyclic) bond motifs is 1. The fourth-order valence-corrected chi connectivity index (χ4v) is 6.39. The monoisotopic (exact) mass is 604 g/mol. The topological polar surface area (TPSA) is 140 Å². The fraction of sp³-hybridized carbons (Fsp3) is 0.0714. The maximum absolute atomic E-state index is 13.8. The van der Waals surface area contributed by atoms with Crippen molar-refractivity contribution < 1.29 is 24.0 Å². The number of hydrogen-bond acceptors (Lipinski definition) is 10. The number of halogens is 1. The molecule has 1 unspecified atom stereocenters. The zero-order valence-corrected chi connectivity index (χ0v) is 23.2. The van der Waals surface area contributed by atoms with Crippen molar-refractivity contribution in [3.05, 3.63) is 122 Å². The Labute approximate surface area is 245 Å². The lowest BCUT2D eigenvalue weighted by Gasteiger charge is -2.23. The van der Waals surface area contributed by atoms with Crippen LogP contribution in [-0.4, -0.2) is 31.9 Å². The molecule has 0 fully saturated rings. The first-order valence-electron chi connectivity index (χ1n) is 12.0. The number of anilines is 1. The number of para-hydroxylation sites is 1. The van der Waals surface area contributed by atoms with Crippen molar-refractivity contribution in [2.75, 3.05) is 4.90 Å². The number of ketones is 1. The Balaban J connectivity index is 1.37. The lowest BCUT2D eigenvalue weighted by atomic mass is 9.95. The number of amides is 1. The van der Waals surface area contributed by atoms with Crippen molar-refractivity contribution in [2.45, 2.75) is 16.1 Å². The molecule has 1 atom stereocenters. The van der Waals surface area contributed by atoms with Gasteiger partial charge in [-0.2, -0.15) is 0 Å². The third-order valence-electron chi connectivity index (χ3n) is 6.40. The van der Waals surface area contributed by atoms with Gasteiger partial charge in [0.05, 0.1) is 16.5 Å².